The van der Waals surface area contributed by atoms with Crippen LogP contribution >= 0.6 is 0 Å². The Balaban J connectivity index is 0.000000290. The molecule has 0 aromatic heterocycles. The summed E-state index contributed by atoms with van der Waals surface area (Å²) in [6.45, 7) is 6.48. The van der Waals surface area contributed by atoms with Crippen LogP contribution in [0.5, 0.6) is 0 Å². The highest BCUT2D eigenvalue weighted by Crippen LogP contribution is 2.42. The highest BCUT2D eigenvalue weighted by Gasteiger charge is 2.44. The first-order valence-electron chi connectivity index (χ1n) is 29.1. The SMILES string of the molecule is CCCOC(=O)CCC/C=C\C[C@@H]1[C@@H](CC[C@@H](O)CCc2ccccc2)[C@H](O)C[C@@H]1O.CCCOC(=O)CCC/C=C\C[C@@H]1[C@@H](CC[C@H](CCc2ccccc2)OC2CCCCO2)[C@H](OC2CCCCO2)C[C@@H]1O. The van der Waals surface area contributed by atoms with Crippen LogP contribution in [0, 0.1) is 23.7 Å². The van der Waals surface area contributed by atoms with Crippen LogP contribution in [0.3, 0.4) is 0 Å². The molecule has 0 bridgehead atoms. The van der Waals surface area contributed by atoms with Crippen molar-refractivity contribution < 1.29 is 58.4 Å². The van der Waals surface area contributed by atoms with Crippen molar-refractivity contribution in [3.8, 4) is 0 Å². The van der Waals surface area contributed by atoms with Gasteiger partial charge in [0, 0.05) is 32.5 Å². The van der Waals surface area contributed by atoms with Crippen molar-refractivity contribution in [3.63, 3.8) is 0 Å². The third-order valence-corrected chi connectivity index (χ3v) is 15.4. The van der Waals surface area contributed by atoms with Gasteiger partial charge in [-0.25, -0.2) is 0 Å². The normalized spacial score (nSPS) is 26.9. The maximum atomic E-state index is 11.8. The number of benzene rings is 2. The fourth-order valence-corrected chi connectivity index (χ4v) is 11.2. The molecule has 416 valence electrons. The van der Waals surface area contributed by atoms with Gasteiger partial charge in [0.05, 0.1) is 49.8 Å². The Bertz CT molecular complexity index is 1810. The van der Waals surface area contributed by atoms with E-state index in [2.05, 4.69) is 66.8 Å². The van der Waals surface area contributed by atoms with E-state index in [-0.39, 0.29) is 60.4 Å². The number of hydrogen-bond donors (Lipinski definition) is 4. The molecule has 4 aliphatic rings. The molecule has 2 aliphatic carbocycles. The van der Waals surface area contributed by atoms with Crippen molar-refractivity contribution in [2.45, 2.75) is 230 Å². The molecule has 2 aromatic carbocycles. The van der Waals surface area contributed by atoms with Gasteiger partial charge in [-0.15, -0.1) is 0 Å². The van der Waals surface area contributed by atoms with Crippen LogP contribution < -0.4 is 0 Å². The summed E-state index contributed by atoms with van der Waals surface area (Å²) < 4.78 is 35.3. The van der Waals surface area contributed by atoms with Gasteiger partial charge in [-0.3, -0.25) is 9.59 Å². The Kier molecular flexibility index (Phi) is 30.3. The summed E-state index contributed by atoms with van der Waals surface area (Å²) in [6, 6.07) is 20.8. The molecule has 74 heavy (non-hydrogen) atoms. The number of rotatable bonds is 32. The van der Waals surface area contributed by atoms with Crippen LogP contribution in [0.25, 0.3) is 0 Å². The molecule has 2 heterocycles. The van der Waals surface area contributed by atoms with Crippen LogP contribution in [0.1, 0.15) is 179 Å². The van der Waals surface area contributed by atoms with Crippen LogP contribution in [0.2, 0.25) is 0 Å². The van der Waals surface area contributed by atoms with Crippen LogP contribution in [-0.2, 0) is 50.9 Å². The highest BCUT2D eigenvalue weighted by atomic mass is 16.7. The molecule has 0 radical (unpaired) electrons. The fraction of sp³-hybridized carbons (Fsp3) is 0.710. The molecule has 2 saturated carbocycles. The standard InChI is InChI=1S/C36H56O7.C26H40O5/c1-2-24-39-34(38)17-9-4-3-8-16-30-31(33(27-32(30)37)43-36-19-11-13-26-41-36)23-22-29(42-35-18-10-12-25-40-35)21-20-28-14-6-5-7-15-28;1-2-18-31-26(30)13-9-4-3-8-12-22-23(25(29)19-24(22)28)17-16-21(27)15-14-20-10-6-5-7-11-20/h3,5-8,14-15,29-33,35-37H,2,4,9-13,16-27H2,1H3;3,5-8,10-11,21-25,27-29H,2,4,9,12-19H2,1H3/b2*8-3-/t29-,30+,31+,32-,33+,35?,36?;21-,22+,23+,24-,25+/m00/s1. The number of unbranched alkanes of at least 4 members (excludes halogenated alkanes) is 2. The number of hydrogen-bond acceptors (Lipinski definition) is 12. The van der Waals surface area contributed by atoms with E-state index in [0.717, 1.165) is 135 Å². The summed E-state index contributed by atoms with van der Waals surface area (Å²) in [4.78, 5) is 23.3. The first-order chi connectivity index (χ1) is 36.1. The summed E-state index contributed by atoms with van der Waals surface area (Å²) in [6.07, 6.45) is 27.8. The topological polar surface area (TPSA) is 170 Å². The van der Waals surface area contributed by atoms with E-state index in [4.69, 9.17) is 28.4 Å². The molecule has 6 rings (SSSR count). The first kappa shape index (κ1) is 61.4. The van der Waals surface area contributed by atoms with E-state index in [0.29, 0.717) is 58.2 Å². The summed E-state index contributed by atoms with van der Waals surface area (Å²) in [5.41, 5.74) is 2.55. The van der Waals surface area contributed by atoms with Crippen molar-refractivity contribution in [1.29, 1.82) is 0 Å². The molecule has 12 nitrogen and oxygen atoms in total. The van der Waals surface area contributed by atoms with E-state index >= 15 is 0 Å². The molecule has 12 atom stereocenters. The number of carbonyl (C=O) groups excluding carboxylic acids is 2. The van der Waals surface area contributed by atoms with Gasteiger partial charge in [-0.1, -0.05) is 98.8 Å². The predicted octanol–water partition coefficient (Wildman–Crippen LogP) is 11.5. The van der Waals surface area contributed by atoms with Crippen molar-refractivity contribution in [2.24, 2.45) is 23.7 Å². The second-order valence-corrected chi connectivity index (χ2v) is 21.4. The largest absolute Gasteiger partial charge is 0.466 e. The average molecular weight is 1030 g/mol. The Hall–Kier alpha value is -3.46. The molecule has 2 unspecified atom stereocenters. The van der Waals surface area contributed by atoms with Crippen molar-refractivity contribution in [2.75, 3.05) is 26.4 Å². The van der Waals surface area contributed by atoms with Gasteiger partial charge < -0.3 is 48.8 Å². The lowest BCUT2D eigenvalue weighted by atomic mass is 9.85. The number of allylic oxidation sites excluding steroid dienone is 4. The zero-order valence-corrected chi connectivity index (χ0v) is 45.3. The zero-order chi connectivity index (χ0) is 52.6. The van der Waals surface area contributed by atoms with Crippen molar-refractivity contribution >= 4 is 11.9 Å². The summed E-state index contributed by atoms with van der Waals surface area (Å²) in [7, 11) is 0. The van der Waals surface area contributed by atoms with Gasteiger partial charge in [0.15, 0.2) is 12.6 Å². The smallest absolute Gasteiger partial charge is 0.305 e. The van der Waals surface area contributed by atoms with Crippen LogP contribution in [0.4, 0.5) is 0 Å². The lowest BCUT2D eigenvalue weighted by Gasteiger charge is -2.32. The Morgan fingerprint density at radius 2 is 1.12 bits per heavy atom. The van der Waals surface area contributed by atoms with E-state index < -0.39 is 24.4 Å². The van der Waals surface area contributed by atoms with E-state index in [1.54, 1.807) is 0 Å². The van der Waals surface area contributed by atoms with Gasteiger partial charge >= 0.3 is 11.9 Å². The average Bonchev–Trinajstić information content (AvgIpc) is 3.87. The Morgan fingerprint density at radius 3 is 1.68 bits per heavy atom. The third kappa shape index (κ3) is 23.8. The summed E-state index contributed by atoms with van der Waals surface area (Å²) >= 11 is 0. The number of aryl methyl sites for hydroxylation is 2. The predicted molar refractivity (Wildman–Crippen MR) is 290 cm³/mol. The molecule has 0 amide bonds. The van der Waals surface area contributed by atoms with Crippen molar-refractivity contribution in [3.05, 3.63) is 96.1 Å². The monoisotopic (exact) mass is 1030 g/mol. The molecule has 4 N–H and O–H groups in total. The number of aliphatic hydroxyl groups is 4. The Morgan fingerprint density at radius 1 is 0.608 bits per heavy atom. The zero-order valence-electron chi connectivity index (χ0n) is 45.3. The molecule has 2 aliphatic heterocycles. The second kappa shape index (κ2) is 36.6. The van der Waals surface area contributed by atoms with Gasteiger partial charge in [0.2, 0.25) is 0 Å². The van der Waals surface area contributed by atoms with E-state index in [9.17, 15) is 30.0 Å². The van der Waals surface area contributed by atoms with Gasteiger partial charge in [0.1, 0.15) is 0 Å². The van der Waals surface area contributed by atoms with Gasteiger partial charge in [-0.2, -0.15) is 0 Å². The van der Waals surface area contributed by atoms with E-state index in [1.165, 1.54) is 11.1 Å². The molecule has 0 spiro atoms. The van der Waals surface area contributed by atoms with Gasteiger partial charge in [-0.05, 0) is 182 Å². The fourth-order valence-electron chi connectivity index (χ4n) is 11.2. The van der Waals surface area contributed by atoms with Gasteiger partial charge in [0.25, 0.3) is 0 Å². The van der Waals surface area contributed by atoms with Crippen molar-refractivity contribution in [1.82, 2.24) is 0 Å². The molecule has 4 fully saturated rings. The third-order valence-electron chi connectivity index (χ3n) is 15.4. The number of aliphatic hydroxyl groups excluding tert-OH is 4. The summed E-state index contributed by atoms with van der Waals surface area (Å²) in [5, 5.41) is 42.4. The quantitative estimate of drug-likeness (QED) is 0.0311. The number of ether oxygens (including phenoxy) is 6. The minimum absolute atomic E-state index is 0.00930. The second-order valence-electron chi connectivity index (χ2n) is 21.4. The molecular formula is C62H96O12. The van der Waals surface area contributed by atoms with E-state index in [1.807, 2.05) is 32.0 Å². The Labute approximate surface area is 445 Å². The highest BCUT2D eigenvalue weighted by molar-refractivity contribution is 5.69. The number of esters is 2. The minimum atomic E-state index is -0.511. The lowest BCUT2D eigenvalue weighted by molar-refractivity contribution is -0.200. The minimum Gasteiger partial charge on any atom is -0.466 e. The maximum absolute atomic E-state index is 11.8. The molecule has 2 aromatic rings. The number of carbonyl (C=O) groups is 2. The first-order valence-corrected chi connectivity index (χ1v) is 29.1. The van der Waals surface area contributed by atoms with Crippen LogP contribution in [0.15, 0.2) is 85.0 Å². The summed E-state index contributed by atoms with van der Waals surface area (Å²) in [5.74, 6) is 0.117. The lowest BCUT2D eigenvalue weighted by Crippen LogP contribution is -2.33. The maximum Gasteiger partial charge on any atom is 0.305 e. The molecule has 2 saturated heterocycles. The van der Waals surface area contributed by atoms with Crippen LogP contribution in [-0.4, -0.2) is 108 Å². The molecular weight excluding hydrogens is 937 g/mol. The molecule has 12 heteroatoms.